The van der Waals surface area contributed by atoms with Crippen molar-refractivity contribution in [3.63, 3.8) is 0 Å². The molecular formula is C16H17FN2O4S2. The van der Waals surface area contributed by atoms with Crippen LogP contribution in [0.25, 0.3) is 0 Å². The molecule has 9 heteroatoms. The van der Waals surface area contributed by atoms with Crippen LogP contribution in [0, 0.1) is 5.82 Å². The number of carbonyl (C=O) groups excluding carboxylic acids is 1. The molecule has 0 bridgehead atoms. The maximum atomic E-state index is 13.7. The van der Waals surface area contributed by atoms with Gasteiger partial charge in [-0.2, -0.15) is 0 Å². The third-order valence-corrected chi connectivity index (χ3v) is 6.72. The summed E-state index contributed by atoms with van der Waals surface area (Å²) in [6, 6.07) is 5.71. The number of nitrogens with zero attached hydrogens (tertiary/aromatic N) is 2. The largest absolute Gasteiger partial charge is 0.470 e. The number of sulfone groups is 1. The average molecular weight is 384 g/mol. The average Bonchev–Trinajstić information content (AvgIpc) is 3.07. The van der Waals surface area contributed by atoms with Crippen molar-refractivity contribution in [2.75, 3.05) is 19.3 Å². The Hall–Kier alpha value is -2.00. The smallest absolute Gasteiger partial charge is 0.264 e. The third kappa shape index (κ3) is 4.16. The highest BCUT2D eigenvalue weighted by atomic mass is 32.2. The summed E-state index contributed by atoms with van der Waals surface area (Å²) in [5, 5.41) is 0. The van der Waals surface area contributed by atoms with E-state index in [2.05, 4.69) is 4.98 Å². The lowest BCUT2D eigenvalue weighted by molar-refractivity contribution is 0.0522. The first-order valence-electron chi connectivity index (χ1n) is 7.71. The minimum Gasteiger partial charge on any atom is -0.470 e. The van der Waals surface area contributed by atoms with Crippen LogP contribution >= 0.6 is 11.3 Å². The quantitative estimate of drug-likeness (QED) is 0.809. The van der Waals surface area contributed by atoms with Gasteiger partial charge in [0, 0.05) is 19.0 Å². The maximum absolute atomic E-state index is 13.7. The molecule has 1 unspecified atom stereocenters. The molecule has 1 saturated heterocycles. The normalized spacial score (nSPS) is 18.2. The summed E-state index contributed by atoms with van der Waals surface area (Å²) in [6.45, 7) is 0.858. The van der Waals surface area contributed by atoms with E-state index in [-0.39, 0.29) is 22.1 Å². The van der Waals surface area contributed by atoms with Crippen molar-refractivity contribution >= 4 is 27.1 Å². The number of hydrogen-bond donors (Lipinski definition) is 0. The molecule has 6 nitrogen and oxygen atoms in total. The first-order chi connectivity index (χ1) is 11.8. The predicted octanol–water partition coefficient (Wildman–Crippen LogP) is 2.37. The standard InChI is InChI=1S/C16H17FN2O4S2/c1-25(21,22)14-7-6-13(24-14)16(20)19-9-3-4-11(10-19)23-15-12(17)5-2-8-18-15/h2,5-8,11H,3-4,9-10H2,1H3. The monoisotopic (exact) mass is 384 g/mol. The molecular weight excluding hydrogens is 367 g/mol. The van der Waals surface area contributed by atoms with Gasteiger partial charge in [-0.1, -0.05) is 0 Å². The Morgan fingerprint density at radius 2 is 2.20 bits per heavy atom. The van der Waals surface area contributed by atoms with Gasteiger partial charge >= 0.3 is 0 Å². The van der Waals surface area contributed by atoms with Gasteiger partial charge in [-0.25, -0.2) is 17.8 Å². The molecule has 134 valence electrons. The Kier molecular flexibility index (Phi) is 5.05. The van der Waals surface area contributed by atoms with Gasteiger partial charge in [-0.3, -0.25) is 4.79 Å². The van der Waals surface area contributed by atoms with Crippen LogP contribution in [0.15, 0.2) is 34.7 Å². The van der Waals surface area contributed by atoms with Crippen molar-refractivity contribution in [3.05, 3.63) is 41.2 Å². The number of rotatable bonds is 4. The summed E-state index contributed by atoms with van der Waals surface area (Å²) in [4.78, 5) is 18.4. The van der Waals surface area contributed by atoms with Crippen molar-refractivity contribution in [2.24, 2.45) is 0 Å². The van der Waals surface area contributed by atoms with Crippen LogP contribution in [0.3, 0.4) is 0 Å². The second-order valence-corrected chi connectivity index (χ2v) is 9.14. The van der Waals surface area contributed by atoms with Crippen LogP contribution in [-0.4, -0.2) is 49.7 Å². The van der Waals surface area contributed by atoms with E-state index in [0.29, 0.717) is 24.4 Å². The molecule has 0 spiro atoms. The Bertz CT molecular complexity index is 882. The van der Waals surface area contributed by atoms with Crippen molar-refractivity contribution in [3.8, 4) is 5.88 Å². The lowest BCUT2D eigenvalue weighted by atomic mass is 10.1. The Balaban J connectivity index is 1.69. The van der Waals surface area contributed by atoms with Crippen LogP contribution in [0.4, 0.5) is 4.39 Å². The minimum atomic E-state index is -3.33. The van der Waals surface area contributed by atoms with Crippen LogP contribution in [0.2, 0.25) is 0 Å². The van der Waals surface area contributed by atoms with Gasteiger partial charge in [0.1, 0.15) is 10.3 Å². The first kappa shape index (κ1) is 17.8. The molecule has 0 aromatic carbocycles. The van der Waals surface area contributed by atoms with E-state index in [1.165, 1.54) is 30.5 Å². The molecule has 0 aliphatic carbocycles. The van der Waals surface area contributed by atoms with E-state index < -0.39 is 15.7 Å². The summed E-state index contributed by atoms with van der Waals surface area (Å²) < 4.78 is 42.5. The fourth-order valence-corrected chi connectivity index (χ4v) is 4.52. The summed E-state index contributed by atoms with van der Waals surface area (Å²) in [7, 11) is -3.33. The zero-order chi connectivity index (χ0) is 18.0. The summed E-state index contributed by atoms with van der Waals surface area (Å²) in [5.74, 6) is -0.853. The van der Waals surface area contributed by atoms with Crippen LogP contribution in [0.1, 0.15) is 22.5 Å². The molecule has 3 heterocycles. The lowest BCUT2D eigenvalue weighted by Crippen LogP contribution is -2.44. The molecule has 1 atom stereocenters. The number of halogens is 1. The zero-order valence-electron chi connectivity index (χ0n) is 13.5. The van der Waals surface area contributed by atoms with Gasteiger partial charge in [-0.05, 0) is 37.1 Å². The van der Waals surface area contributed by atoms with Crippen LogP contribution in [-0.2, 0) is 9.84 Å². The number of thiophene rings is 1. The number of aromatic nitrogens is 1. The zero-order valence-corrected chi connectivity index (χ0v) is 15.1. The fraction of sp³-hybridized carbons (Fsp3) is 0.375. The fourth-order valence-electron chi connectivity index (χ4n) is 2.62. The van der Waals surface area contributed by atoms with Crippen molar-refractivity contribution in [1.82, 2.24) is 9.88 Å². The van der Waals surface area contributed by atoms with E-state index in [9.17, 15) is 17.6 Å². The third-order valence-electron chi connectivity index (χ3n) is 3.83. The summed E-state index contributed by atoms with van der Waals surface area (Å²) in [5.41, 5.74) is 0. The van der Waals surface area contributed by atoms with Gasteiger partial charge < -0.3 is 9.64 Å². The number of amides is 1. The van der Waals surface area contributed by atoms with E-state index in [0.717, 1.165) is 24.0 Å². The number of carbonyl (C=O) groups is 1. The highest BCUT2D eigenvalue weighted by Crippen LogP contribution is 2.25. The molecule has 1 aliphatic heterocycles. The number of piperidine rings is 1. The SMILES string of the molecule is CS(=O)(=O)c1ccc(C(=O)N2CCCC(Oc3ncccc3F)C2)s1. The van der Waals surface area contributed by atoms with Gasteiger partial charge in [0.15, 0.2) is 15.7 Å². The van der Waals surface area contributed by atoms with Gasteiger partial charge in [0.05, 0.1) is 11.4 Å². The van der Waals surface area contributed by atoms with E-state index in [1.807, 2.05) is 0 Å². The van der Waals surface area contributed by atoms with E-state index in [1.54, 1.807) is 4.90 Å². The van der Waals surface area contributed by atoms with Crippen molar-refractivity contribution in [2.45, 2.75) is 23.2 Å². The molecule has 0 radical (unpaired) electrons. The molecule has 3 rings (SSSR count). The molecule has 0 saturated carbocycles. The van der Waals surface area contributed by atoms with Crippen molar-refractivity contribution in [1.29, 1.82) is 0 Å². The molecule has 1 amide bonds. The Labute approximate surface area is 149 Å². The second kappa shape index (κ2) is 7.09. The number of pyridine rings is 1. The second-order valence-electron chi connectivity index (χ2n) is 5.81. The highest BCUT2D eigenvalue weighted by Gasteiger charge is 2.28. The van der Waals surface area contributed by atoms with E-state index >= 15 is 0 Å². The van der Waals surface area contributed by atoms with E-state index in [4.69, 9.17) is 4.74 Å². The van der Waals surface area contributed by atoms with Crippen LogP contribution < -0.4 is 4.74 Å². The van der Waals surface area contributed by atoms with Gasteiger partial charge in [0.2, 0.25) is 0 Å². The Morgan fingerprint density at radius 3 is 2.88 bits per heavy atom. The molecule has 25 heavy (non-hydrogen) atoms. The molecule has 1 aliphatic rings. The Morgan fingerprint density at radius 1 is 1.40 bits per heavy atom. The number of hydrogen-bond acceptors (Lipinski definition) is 6. The van der Waals surface area contributed by atoms with Gasteiger partial charge in [-0.15, -0.1) is 11.3 Å². The van der Waals surface area contributed by atoms with Crippen molar-refractivity contribution < 1.29 is 22.3 Å². The summed E-state index contributed by atoms with van der Waals surface area (Å²) >= 11 is 0.957. The predicted molar refractivity (Wildman–Crippen MR) is 91.2 cm³/mol. The molecule has 1 fully saturated rings. The number of ether oxygens (including phenoxy) is 1. The maximum Gasteiger partial charge on any atom is 0.264 e. The summed E-state index contributed by atoms with van der Waals surface area (Å²) in [6.07, 6.45) is 3.62. The molecule has 2 aromatic heterocycles. The molecule has 0 N–H and O–H groups in total. The highest BCUT2D eigenvalue weighted by molar-refractivity contribution is 7.92. The minimum absolute atomic E-state index is 0.0720. The number of likely N-dealkylation sites (tertiary alicyclic amines) is 1. The topological polar surface area (TPSA) is 76.6 Å². The van der Waals surface area contributed by atoms with Gasteiger partial charge in [0.25, 0.3) is 11.8 Å². The molecule has 2 aromatic rings. The van der Waals surface area contributed by atoms with Crippen LogP contribution in [0.5, 0.6) is 5.88 Å². The first-order valence-corrected chi connectivity index (χ1v) is 10.4. The lowest BCUT2D eigenvalue weighted by Gasteiger charge is -2.32.